The highest BCUT2D eigenvalue weighted by Gasteiger charge is 2.29. The van der Waals surface area contributed by atoms with Crippen molar-refractivity contribution in [2.24, 2.45) is 0 Å². The molecule has 0 radical (unpaired) electrons. The second kappa shape index (κ2) is 9.97. The van der Waals surface area contributed by atoms with Gasteiger partial charge < -0.3 is 15.1 Å². The van der Waals surface area contributed by atoms with E-state index in [1.807, 2.05) is 0 Å². The minimum Gasteiger partial charge on any atom is -0.339 e. The first kappa shape index (κ1) is 20.7. The molecule has 1 aromatic heterocycles. The van der Waals surface area contributed by atoms with Crippen LogP contribution in [0.15, 0.2) is 21.7 Å². The van der Waals surface area contributed by atoms with E-state index in [-0.39, 0.29) is 12.5 Å². The van der Waals surface area contributed by atoms with Crippen molar-refractivity contribution in [1.82, 2.24) is 19.4 Å². The fourth-order valence-corrected chi connectivity index (χ4v) is 6.21. The Morgan fingerprint density at radius 3 is 2.56 bits per heavy atom. The number of rotatable bonds is 8. The second-order valence-electron chi connectivity index (χ2n) is 7.16. The Hall–Kier alpha value is -1.00. The van der Waals surface area contributed by atoms with Crippen molar-refractivity contribution in [1.29, 1.82) is 0 Å². The van der Waals surface area contributed by atoms with Gasteiger partial charge in [0, 0.05) is 32.7 Å². The highest BCUT2D eigenvalue weighted by Crippen LogP contribution is 2.21. The molecule has 1 aromatic rings. The first-order valence-corrected chi connectivity index (χ1v) is 12.1. The van der Waals surface area contributed by atoms with Gasteiger partial charge >= 0.3 is 0 Å². The Kier molecular flexibility index (Phi) is 7.66. The molecule has 3 rings (SSSR count). The molecular formula is C18H30N4O3S2. The maximum Gasteiger partial charge on any atom is 0.253 e. The van der Waals surface area contributed by atoms with E-state index in [2.05, 4.69) is 10.2 Å². The van der Waals surface area contributed by atoms with Crippen molar-refractivity contribution in [3.63, 3.8) is 0 Å². The third-order valence-corrected chi connectivity index (χ3v) is 8.42. The summed E-state index contributed by atoms with van der Waals surface area (Å²) in [5.41, 5.74) is 0. The van der Waals surface area contributed by atoms with Gasteiger partial charge in [0.15, 0.2) is 0 Å². The fourth-order valence-electron chi connectivity index (χ4n) is 3.64. The van der Waals surface area contributed by atoms with Crippen molar-refractivity contribution in [2.75, 3.05) is 58.9 Å². The summed E-state index contributed by atoms with van der Waals surface area (Å²) in [6.07, 6.45) is 4.48. The van der Waals surface area contributed by atoms with E-state index in [0.717, 1.165) is 39.1 Å². The summed E-state index contributed by atoms with van der Waals surface area (Å²) in [5.74, 6) is -0.102. The molecule has 2 saturated heterocycles. The highest BCUT2D eigenvalue weighted by atomic mass is 32.2. The Morgan fingerprint density at radius 2 is 1.89 bits per heavy atom. The molecule has 2 fully saturated rings. The van der Waals surface area contributed by atoms with E-state index in [1.165, 1.54) is 34.9 Å². The molecule has 1 N–H and O–H groups in total. The molecule has 7 nitrogen and oxygen atoms in total. The van der Waals surface area contributed by atoms with E-state index in [9.17, 15) is 13.2 Å². The van der Waals surface area contributed by atoms with Gasteiger partial charge in [-0.3, -0.25) is 4.79 Å². The topological polar surface area (TPSA) is 73.0 Å². The zero-order valence-corrected chi connectivity index (χ0v) is 17.4. The van der Waals surface area contributed by atoms with Crippen molar-refractivity contribution in [3.8, 4) is 0 Å². The van der Waals surface area contributed by atoms with E-state index in [0.29, 0.717) is 23.8 Å². The molecule has 0 aromatic carbocycles. The predicted molar refractivity (Wildman–Crippen MR) is 107 cm³/mol. The van der Waals surface area contributed by atoms with Crippen LogP contribution in [0, 0.1) is 0 Å². The highest BCUT2D eigenvalue weighted by molar-refractivity contribution is 7.91. The lowest BCUT2D eigenvalue weighted by Crippen LogP contribution is -2.50. The molecule has 0 bridgehead atoms. The molecule has 0 spiro atoms. The Balaban J connectivity index is 1.63. The molecule has 0 aliphatic carbocycles. The fraction of sp³-hybridized carbons (Fsp3) is 0.722. The normalized spacial score (nSPS) is 19.5. The lowest BCUT2D eigenvalue weighted by molar-refractivity contribution is -0.132. The second-order valence-corrected chi connectivity index (χ2v) is 10.3. The summed E-state index contributed by atoms with van der Waals surface area (Å²) in [6, 6.07) is 3.36. The van der Waals surface area contributed by atoms with Gasteiger partial charge in [-0.15, -0.1) is 11.3 Å². The van der Waals surface area contributed by atoms with Crippen LogP contribution in [0.3, 0.4) is 0 Å². The van der Waals surface area contributed by atoms with Gasteiger partial charge in [0.05, 0.1) is 6.54 Å². The number of likely N-dealkylation sites (tertiary alicyclic amines) is 1. The van der Waals surface area contributed by atoms with Crippen molar-refractivity contribution >= 4 is 27.3 Å². The van der Waals surface area contributed by atoms with Crippen LogP contribution in [0.4, 0.5) is 0 Å². The molecule has 0 atom stereocenters. The number of carbonyl (C=O) groups excluding carboxylic acids is 1. The van der Waals surface area contributed by atoms with Gasteiger partial charge in [0.2, 0.25) is 5.91 Å². The number of piperazine rings is 1. The Morgan fingerprint density at radius 1 is 1.15 bits per heavy atom. The maximum absolute atomic E-state index is 13.0. The lowest BCUT2D eigenvalue weighted by atomic mass is 10.1. The van der Waals surface area contributed by atoms with E-state index in [4.69, 9.17) is 0 Å². The molecule has 1 amide bonds. The molecule has 9 heteroatoms. The minimum absolute atomic E-state index is 0.0692. The summed E-state index contributed by atoms with van der Waals surface area (Å²) in [4.78, 5) is 16.8. The molecular weight excluding hydrogens is 384 g/mol. The number of carbonyl (C=O) groups is 1. The monoisotopic (exact) mass is 414 g/mol. The molecule has 2 aliphatic heterocycles. The number of amides is 1. The summed E-state index contributed by atoms with van der Waals surface area (Å²) < 4.78 is 27.8. The van der Waals surface area contributed by atoms with Crippen LogP contribution >= 0.6 is 11.3 Å². The molecule has 2 aliphatic rings. The number of piperidine rings is 1. The quantitative estimate of drug-likeness (QED) is 0.688. The van der Waals surface area contributed by atoms with Crippen LogP contribution in [-0.4, -0.2) is 87.3 Å². The summed E-state index contributed by atoms with van der Waals surface area (Å²) in [7, 11) is -3.62. The van der Waals surface area contributed by atoms with Gasteiger partial charge in [-0.05, 0) is 50.3 Å². The van der Waals surface area contributed by atoms with Crippen LogP contribution in [0.25, 0.3) is 0 Å². The number of thiophene rings is 1. The number of nitrogens with zero attached hydrogens (tertiary/aromatic N) is 3. The first-order valence-electron chi connectivity index (χ1n) is 9.82. The molecule has 0 unspecified atom stereocenters. The maximum atomic E-state index is 13.0. The standard InChI is InChI=1S/C18H30N4O3S2/c23-17(21-13-7-19-8-14-21)16-22(27(24,25)18-6-4-15-26-18)12-5-11-20-9-2-1-3-10-20/h4,6,15,19H,1-3,5,7-14,16H2. The minimum atomic E-state index is -3.62. The Bertz CT molecular complexity index is 681. The van der Waals surface area contributed by atoms with Crippen LogP contribution in [-0.2, 0) is 14.8 Å². The molecule has 27 heavy (non-hydrogen) atoms. The van der Waals surface area contributed by atoms with Gasteiger partial charge in [-0.25, -0.2) is 8.42 Å². The Labute approximate surface area is 166 Å². The summed E-state index contributed by atoms with van der Waals surface area (Å²) in [5, 5.41) is 4.98. The molecule has 152 valence electrons. The largest absolute Gasteiger partial charge is 0.339 e. The first-order chi connectivity index (χ1) is 13.1. The summed E-state index contributed by atoms with van der Waals surface area (Å²) >= 11 is 1.21. The SMILES string of the molecule is O=C(CN(CCCN1CCCCC1)S(=O)(=O)c1cccs1)N1CCNCC1. The van der Waals surface area contributed by atoms with Crippen LogP contribution in [0.5, 0.6) is 0 Å². The zero-order chi connectivity index (χ0) is 19.1. The van der Waals surface area contributed by atoms with E-state index < -0.39 is 10.0 Å². The van der Waals surface area contributed by atoms with Crippen LogP contribution in [0.1, 0.15) is 25.7 Å². The van der Waals surface area contributed by atoms with E-state index in [1.54, 1.807) is 22.4 Å². The number of hydrogen-bond acceptors (Lipinski definition) is 6. The number of nitrogens with one attached hydrogen (secondary N) is 1. The van der Waals surface area contributed by atoms with Gasteiger partial charge in [0.1, 0.15) is 4.21 Å². The van der Waals surface area contributed by atoms with Gasteiger partial charge in [-0.1, -0.05) is 12.5 Å². The molecule has 0 saturated carbocycles. The smallest absolute Gasteiger partial charge is 0.253 e. The van der Waals surface area contributed by atoms with Gasteiger partial charge in [-0.2, -0.15) is 4.31 Å². The van der Waals surface area contributed by atoms with Crippen LogP contribution in [0.2, 0.25) is 0 Å². The number of hydrogen-bond donors (Lipinski definition) is 1. The van der Waals surface area contributed by atoms with Crippen molar-refractivity contribution in [2.45, 2.75) is 29.9 Å². The summed E-state index contributed by atoms with van der Waals surface area (Å²) in [6.45, 7) is 6.19. The lowest BCUT2D eigenvalue weighted by Gasteiger charge is -2.31. The third-order valence-electron chi connectivity index (χ3n) is 5.20. The molecule has 3 heterocycles. The third kappa shape index (κ3) is 5.74. The average Bonchev–Trinajstić information content (AvgIpc) is 3.24. The van der Waals surface area contributed by atoms with Crippen LogP contribution < -0.4 is 5.32 Å². The predicted octanol–water partition coefficient (Wildman–Crippen LogP) is 1.05. The number of sulfonamides is 1. The zero-order valence-electron chi connectivity index (χ0n) is 15.8. The van der Waals surface area contributed by atoms with E-state index >= 15 is 0 Å². The average molecular weight is 415 g/mol. The van der Waals surface area contributed by atoms with Crippen molar-refractivity contribution in [3.05, 3.63) is 17.5 Å². The van der Waals surface area contributed by atoms with Crippen molar-refractivity contribution < 1.29 is 13.2 Å². The van der Waals surface area contributed by atoms with Gasteiger partial charge in [0.25, 0.3) is 10.0 Å².